The van der Waals surface area contributed by atoms with Crippen LogP contribution in [-0.4, -0.2) is 6.79 Å². The largest absolute Gasteiger partial charge is 0.454 e. The molecule has 0 saturated heterocycles. The van der Waals surface area contributed by atoms with Crippen LogP contribution in [0.1, 0.15) is 17.9 Å². The topological polar surface area (TPSA) is 18.5 Å². The van der Waals surface area contributed by atoms with Crippen molar-refractivity contribution >= 4 is 15.9 Å². The number of benzene rings is 1. The Morgan fingerprint density at radius 3 is 2.81 bits per heavy atom. The van der Waals surface area contributed by atoms with E-state index in [1.54, 1.807) is 0 Å². The third-order valence-electron chi connectivity index (χ3n) is 2.47. The average molecular weight is 279 g/mol. The number of rotatable bonds is 3. The third kappa shape index (κ3) is 1.94. The standard InChI is InChI=1S/C13H11BrO2/c1-3-5-9(4-2)10-6-12-13(7-11(10)14)16-8-15-12/h2-3,6-7,9H,1,5,8H2. The first-order valence-corrected chi connectivity index (χ1v) is 5.71. The van der Waals surface area contributed by atoms with Crippen molar-refractivity contribution in [1.82, 2.24) is 0 Å². The van der Waals surface area contributed by atoms with E-state index in [4.69, 9.17) is 15.9 Å². The lowest BCUT2D eigenvalue weighted by Crippen LogP contribution is -1.96. The predicted molar refractivity (Wildman–Crippen MR) is 66.7 cm³/mol. The Morgan fingerprint density at radius 2 is 2.19 bits per heavy atom. The molecule has 0 aromatic heterocycles. The summed E-state index contributed by atoms with van der Waals surface area (Å²) in [5.74, 6) is 4.28. The molecule has 1 aromatic carbocycles. The van der Waals surface area contributed by atoms with Gasteiger partial charge >= 0.3 is 0 Å². The summed E-state index contributed by atoms with van der Waals surface area (Å²) in [7, 11) is 0. The van der Waals surface area contributed by atoms with Crippen molar-refractivity contribution in [2.24, 2.45) is 0 Å². The van der Waals surface area contributed by atoms with Gasteiger partial charge in [0.1, 0.15) is 0 Å². The molecule has 1 aliphatic heterocycles. The maximum Gasteiger partial charge on any atom is 0.231 e. The summed E-state index contributed by atoms with van der Waals surface area (Å²) in [6.07, 6.45) is 8.08. The average Bonchev–Trinajstić information content (AvgIpc) is 2.72. The van der Waals surface area contributed by atoms with Crippen LogP contribution in [0.3, 0.4) is 0 Å². The first kappa shape index (κ1) is 11.1. The minimum absolute atomic E-state index is 0.0152. The molecule has 2 rings (SSSR count). The van der Waals surface area contributed by atoms with Gasteiger partial charge in [-0.1, -0.05) is 27.9 Å². The van der Waals surface area contributed by atoms with E-state index in [1.807, 2.05) is 18.2 Å². The number of hydrogen-bond donors (Lipinski definition) is 0. The zero-order valence-corrected chi connectivity index (χ0v) is 10.3. The number of ether oxygens (including phenoxy) is 2. The van der Waals surface area contributed by atoms with Crippen LogP contribution in [0.4, 0.5) is 0 Å². The third-order valence-corrected chi connectivity index (χ3v) is 3.16. The van der Waals surface area contributed by atoms with Gasteiger partial charge in [-0.05, 0) is 24.1 Å². The molecule has 0 bridgehead atoms. The molecular weight excluding hydrogens is 268 g/mol. The minimum atomic E-state index is 0.0152. The molecule has 82 valence electrons. The molecule has 3 heteroatoms. The molecule has 2 nitrogen and oxygen atoms in total. The zero-order chi connectivity index (χ0) is 11.5. The molecule has 0 N–H and O–H groups in total. The molecule has 1 atom stereocenters. The van der Waals surface area contributed by atoms with Crippen LogP contribution in [0.2, 0.25) is 0 Å². The second-order valence-corrected chi connectivity index (χ2v) is 4.32. The molecule has 1 aromatic rings. The van der Waals surface area contributed by atoms with Gasteiger partial charge in [-0.25, -0.2) is 0 Å². The minimum Gasteiger partial charge on any atom is -0.454 e. The van der Waals surface area contributed by atoms with Gasteiger partial charge in [-0.15, -0.1) is 13.0 Å². The molecular formula is C13H11BrO2. The normalized spacial score (nSPS) is 14.2. The highest BCUT2D eigenvalue weighted by atomic mass is 79.9. The summed E-state index contributed by atoms with van der Waals surface area (Å²) in [4.78, 5) is 0. The highest BCUT2D eigenvalue weighted by Gasteiger charge is 2.19. The highest BCUT2D eigenvalue weighted by molar-refractivity contribution is 9.10. The molecule has 1 unspecified atom stereocenters. The van der Waals surface area contributed by atoms with E-state index < -0.39 is 0 Å². The Bertz CT molecular complexity index is 460. The van der Waals surface area contributed by atoms with Crippen molar-refractivity contribution in [3.8, 4) is 23.8 Å². The van der Waals surface area contributed by atoms with E-state index in [2.05, 4.69) is 28.4 Å². The van der Waals surface area contributed by atoms with Crippen molar-refractivity contribution in [1.29, 1.82) is 0 Å². The summed E-state index contributed by atoms with van der Waals surface area (Å²) in [5.41, 5.74) is 1.03. The Balaban J connectivity index is 2.41. The second kappa shape index (κ2) is 4.63. The first-order chi connectivity index (χ1) is 7.76. The van der Waals surface area contributed by atoms with Crippen molar-refractivity contribution in [2.45, 2.75) is 12.3 Å². The molecule has 0 aliphatic carbocycles. The monoisotopic (exact) mass is 278 g/mol. The summed E-state index contributed by atoms with van der Waals surface area (Å²) < 4.78 is 11.6. The Labute approximate surface area is 103 Å². The van der Waals surface area contributed by atoms with Crippen LogP contribution < -0.4 is 9.47 Å². The molecule has 0 saturated carbocycles. The fourth-order valence-corrected chi connectivity index (χ4v) is 2.25. The number of terminal acetylenes is 1. The fourth-order valence-electron chi connectivity index (χ4n) is 1.65. The predicted octanol–water partition coefficient (Wildman–Crippen LogP) is 3.47. The van der Waals surface area contributed by atoms with Gasteiger partial charge in [0.05, 0.1) is 0 Å². The molecule has 0 radical (unpaired) electrons. The van der Waals surface area contributed by atoms with E-state index >= 15 is 0 Å². The molecule has 1 heterocycles. The maximum atomic E-state index is 5.51. The van der Waals surface area contributed by atoms with E-state index in [9.17, 15) is 0 Å². The summed E-state index contributed by atoms with van der Waals surface area (Å²) in [6.45, 7) is 3.98. The number of fused-ring (bicyclic) bond motifs is 1. The van der Waals surface area contributed by atoms with E-state index in [0.717, 1.165) is 28.0 Å². The van der Waals surface area contributed by atoms with Crippen LogP contribution in [0, 0.1) is 12.3 Å². The van der Waals surface area contributed by atoms with Gasteiger partial charge in [0.2, 0.25) is 6.79 Å². The second-order valence-electron chi connectivity index (χ2n) is 3.47. The van der Waals surface area contributed by atoms with E-state index in [-0.39, 0.29) is 12.7 Å². The molecule has 0 amide bonds. The van der Waals surface area contributed by atoms with E-state index in [1.165, 1.54) is 0 Å². The summed E-state index contributed by atoms with van der Waals surface area (Å²) >= 11 is 3.50. The Hall–Kier alpha value is -1.40. The van der Waals surface area contributed by atoms with Crippen molar-refractivity contribution in [3.63, 3.8) is 0 Å². The molecule has 16 heavy (non-hydrogen) atoms. The summed E-state index contributed by atoms with van der Waals surface area (Å²) in [5, 5.41) is 0. The highest BCUT2D eigenvalue weighted by Crippen LogP contribution is 2.40. The van der Waals surface area contributed by atoms with Crippen molar-refractivity contribution < 1.29 is 9.47 Å². The molecule has 0 spiro atoms. The molecule has 1 aliphatic rings. The van der Waals surface area contributed by atoms with Crippen LogP contribution in [0.5, 0.6) is 11.5 Å². The Morgan fingerprint density at radius 1 is 1.50 bits per heavy atom. The summed E-state index contributed by atoms with van der Waals surface area (Å²) in [6, 6.07) is 3.82. The first-order valence-electron chi connectivity index (χ1n) is 4.92. The number of halogens is 1. The SMILES string of the molecule is C#CC(CC=C)c1cc2c(cc1Br)OCO2. The fraction of sp³-hybridized carbons (Fsp3) is 0.231. The van der Waals surface area contributed by atoms with Gasteiger partial charge in [0.25, 0.3) is 0 Å². The van der Waals surface area contributed by atoms with Crippen LogP contribution in [-0.2, 0) is 0 Å². The van der Waals surface area contributed by atoms with Crippen LogP contribution >= 0.6 is 15.9 Å². The lowest BCUT2D eigenvalue weighted by Gasteiger charge is -2.11. The smallest absolute Gasteiger partial charge is 0.231 e. The van der Waals surface area contributed by atoms with Crippen molar-refractivity contribution in [2.75, 3.05) is 6.79 Å². The van der Waals surface area contributed by atoms with Gasteiger partial charge in [-0.2, -0.15) is 0 Å². The van der Waals surface area contributed by atoms with Gasteiger partial charge in [0.15, 0.2) is 11.5 Å². The van der Waals surface area contributed by atoms with Gasteiger partial charge < -0.3 is 9.47 Å². The van der Waals surface area contributed by atoms with E-state index in [0.29, 0.717) is 0 Å². The van der Waals surface area contributed by atoms with Gasteiger partial charge in [-0.3, -0.25) is 0 Å². The zero-order valence-electron chi connectivity index (χ0n) is 8.70. The number of hydrogen-bond acceptors (Lipinski definition) is 2. The lowest BCUT2D eigenvalue weighted by molar-refractivity contribution is 0.174. The number of allylic oxidation sites excluding steroid dienone is 1. The van der Waals surface area contributed by atoms with Gasteiger partial charge in [0, 0.05) is 10.4 Å². The van der Waals surface area contributed by atoms with Crippen molar-refractivity contribution in [3.05, 3.63) is 34.8 Å². The lowest BCUT2D eigenvalue weighted by atomic mass is 9.96. The quantitative estimate of drug-likeness (QED) is 0.623. The van der Waals surface area contributed by atoms with Crippen LogP contribution in [0.15, 0.2) is 29.3 Å². The van der Waals surface area contributed by atoms with Crippen LogP contribution in [0.25, 0.3) is 0 Å². The Kier molecular flexibility index (Phi) is 3.21. The maximum absolute atomic E-state index is 5.51. The molecule has 0 fully saturated rings.